The largest absolute Gasteiger partial charge is 0.488 e. The number of benzene rings is 1. The molecule has 2 aromatic rings. The van der Waals surface area contributed by atoms with Gasteiger partial charge in [-0.15, -0.1) is 0 Å². The molecule has 1 aromatic carbocycles. The van der Waals surface area contributed by atoms with E-state index in [0.717, 1.165) is 16.9 Å². The van der Waals surface area contributed by atoms with Crippen molar-refractivity contribution in [2.45, 2.75) is 20.5 Å². The predicted molar refractivity (Wildman–Crippen MR) is 70.6 cm³/mol. The number of carbonyl (C=O) groups excluding carboxylic acids is 1. The Bertz CT molecular complexity index is 590. The number of nitrogen functional groups attached to an aromatic ring is 1. The molecular weight excluding hydrogens is 244 g/mol. The van der Waals surface area contributed by atoms with Crippen LogP contribution in [0.4, 0.5) is 0 Å². The molecule has 3 N–H and O–H groups in total. The average Bonchev–Trinajstić information content (AvgIpc) is 2.88. The van der Waals surface area contributed by atoms with Crippen LogP contribution in [0, 0.1) is 13.8 Å². The summed E-state index contributed by atoms with van der Waals surface area (Å²) in [4.78, 5) is 11.4. The Morgan fingerprint density at radius 1 is 1.37 bits per heavy atom. The molecule has 5 nitrogen and oxygen atoms in total. The quantitative estimate of drug-likeness (QED) is 0.501. The third kappa shape index (κ3) is 2.77. The van der Waals surface area contributed by atoms with Crippen LogP contribution < -0.4 is 16.0 Å². The maximum atomic E-state index is 11.4. The van der Waals surface area contributed by atoms with E-state index in [9.17, 15) is 4.79 Å². The van der Waals surface area contributed by atoms with E-state index < -0.39 is 5.91 Å². The van der Waals surface area contributed by atoms with Crippen LogP contribution in [-0.2, 0) is 6.61 Å². The van der Waals surface area contributed by atoms with Crippen LogP contribution in [0.25, 0.3) is 0 Å². The molecule has 1 amide bonds. The molecule has 0 aliphatic carbocycles. The van der Waals surface area contributed by atoms with E-state index in [1.54, 1.807) is 6.07 Å². The first-order chi connectivity index (χ1) is 9.13. The van der Waals surface area contributed by atoms with Gasteiger partial charge in [-0.25, -0.2) is 5.84 Å². The lowest BCUT2D eigenvalue weighted by Gasteiger charge is -2.10. The third-order valence-electron chi connectivity index (χ3n) is 3.02. The number of amides is 1. The van der Waals surface area contributed by atoms with E-state index in [0.29, 0.717) is 5.56 Å². The topological polar surface area (TPSA) is 77.5 Å². The molecule has 1 heterocycles. The highest BCUT2D eigenvalue weighted by molar-refractivity contribution is 5.92. The highest BCUT2D eigenvalue weighted by atomic mass is 16.5. The van der Waals surface area contributed by atoms with Crippen LogP contribution >= 0.6 is 0 Å². The second-order valence-corrected chi connectivity index (χ2v) is 4.24. The number of nitrogens with two attached hydrogens (primary N) is 1. The molecule has 0 aliphatic heterocycles. The van der Waals surface area contributed by atoms with E-state index >= 15 is 0 Å². The first kappa shape index (κ1) is 13.2. The van der Waals surface area contributed by atoms with Gasteiger partial charge in [0.1, 0.15) is 12.4 Å². The molecular formula is C14H16N2O3. The summed E-state index contributed by atoms with van der Waals surface area (Å²) in [6.45, 7) is 4.27. The second kappa shape index (κ2) is 5.58. The van der Waals surface area contributed by atoms with Gasteiger partial charge in [-0.2, -0.15) is 0 Å². The highest BCUT2D eigenvalue weighted by Crippen LogP contribution is 2.22. The summed E-state index contributed by atoms with van der Waals surface area (Å²) in [7, 11) is 0. The summed E-state index contributed by atoms with van der Waals surface area (Å²) in [5.74, 6) is 5.58. The minimum absolute atomic E-state index is 0.174. The minimum atomic E-state index is -0.468. The van der Waals surface area contributed by atoms with Gasteiger partial charge in [0.05, 0.1) is 6.26 Å². The summed E-state index contributed by atoms with van der Waals surface area (Å²) in [5, 5.41) is 0. The molecule has 0 unspecified atom stereocenters. The Balaban J connectivity index is 2.13. The van der Waals surface area contributed by atoms with Gasteiger partial charge in [0.25, 0.3) is 0 Å². The van der Waals surface area contributed by atoms with Crippen LogP contribution in [0.3, 0.4) is 0 Å². The molecule has 0 aliphatic rings. The summed E-state index contributed by atoms with van der Waals surface area (Å²) in [5.41, 5.74) is 4.93. The van der Waals surface area contributed by atoms with Crippen molar-refractivity contribution >= 4 is 5.91 Å². The van der Waals surface area contributed by atoms with Gasteiger partial charge in [-0.05, 0) is 37.1 Å². The van der Waals surface area contributed by atoms with Gasteiger partial charge >= 0.3 is 5.91 Å². The van der Waals surface area contributed by atoms with Crippen molar-refractivity contribution in [3.8, 4) is 5.75 Å². The lowest BCUT2D eigenvalue weighted by Crippen LogP contribution is -2.30. The standard InChI is InChI=1S/C14H16N2O3/c1-9-4-3-5-12(10(9)2)19-8-11-6-7-18-13(11)14(17)16-15/h3-7H,8,15H2,1-2H3,(H,16,17). The number of hydrazine groups is 1. The molecule has 1 aromatic heterocycles. The van der Waals surface area contributed by atoms with Crippen LogP contribution in [-0.4, -0.2) is 5.91 Å². The summed E-state index contributed by atoms with van der Waals surface area (Å²) < 4.78 is 10.8. The van der Waals surface area contributed by atoms with E-state index in [4.69, 9.17) is 15.0 Å². The van der Waals surface area contributed by atoms with Crippen molar-refractivity contribution in [2.75, 3.05) is 0 Å². The molecule has 0 atom stereocenters. The number of ether oxygens (including phenoxy) is 1. The van der Waals surface area contributed by atoms with Crippen LogP contribution in [0.1, 0.15) is 27.2 Å². The van der Waals surface area contributed by atoms with E-state index in [1.165, 1.54) is 6.26 Å². The fraction of sp³-hybridized carbons (Fsp3) is 0.214. The number of hydrogen-bond acceptors (Lipinski definition) is 4. The van der Waals surface area contributed by atoms with Crippen molar-refractivity contribution in [3.05, 3.63) is 53.0 Å². The highest BCUT2D eigenvalue weighted by Gasteiger charge is 2.15. The smallest absolute Gasteiger partial charge is 0.301 e. The van der Waals surface area contributed by atoms with Crippen molar-refractivity contribution in [2.24, 2.45) is 5.84 Å². The lowest BCUT2D eigenvalue weighted by molar-refractivity contribution is 0.0922. The van der Waals surface area contributed by atoms with E-state index in [-0.39, 0.29) is 12.4 Å². The molecule has 0 saturated carbocycles. The molecule has 0 radical (unpaired) electrons. The number of rotatable bonds is 4. The van der Waals surface area contributed by atoms with Gasteiger partial charge < -0.3 is 9.15 Å². The van der Waals surface area contributed by atoms with Gasteiger partial charge in [-0.1, -0.05) is 12.1 Å². The van der Waals surface area contributed by atoms with Crippen LogP contribution in [0.5, 0.6) is 5.75 Å². The predicted octanol–water partition coefficient (Wildman–Crippen LogP) is 2.08. The van der Waals surface area contributed by atoms with Gasteiger partial charge in [0.2, 0.25) is 0 Å². The monoisotopic (exact) mass is 260 g/mol. The van der Waals surface area contributed by atoms with Crippen molar-refractivity contribution in [3.63, 3.8) is 0 Å². The van der Waals surface area contributed by atoms with Crippen molar-refractivity contribution in [1.29, 1.82) is 0 Å². The molecule has 19 heavy (non-hydrogen) atoms. The molecule has 100 valence electrons. The van der Waals surface area contributed by atoms with Gasteiger partial charge in [-0.3, -0.25) is 10.2 Å². The number of hydrogen-bond donors (Lipinski definition) is 2. The van der Waals surface area contributed by atoms with Gasteiger partial charge in [0, 0.05) is 5.56 Å². The number of carbonyl (C=O) groups is 1. The average molecular weight is 260 g/mol. The Kier molecular flexibility index (Phi) is 3.87. The van der Waals surface area contributed by atoms with Crippen LogP contribution in [0.15, 0.2) is 34.9 Å². The van der Waals surface area contributed by atoms with Crippen LogP contribution in [0.2, 0.25) is 0 Å². The first-order valence-corrected chi connectivity index (χ1v) is 5.90. The Morgan fingerprint density at radius 3 is 2.89 bits per heavy atom. The number of nitrogens with one attached hydrogen (secondary N) is 1. The molecule has 0 fully saturated rings. The number of aryl methyl sites for hydroxylation is 1. The maximum absolute atomic E-state index is 11.4. The second-order valence-electron chi connectivity index (χ2n) is 4.24. The molecule has 0 bridgehead atoms. The van der Waals surface area contributed by atoms with Crippen molar-refractivity contribution < 1.29 is 13.9 Å². The summed E-state index contributed by atoms with van der Waals surface area (Å²) >= 11 is 0. The fourth-order valence-corrected chi connectivity index (χ4v) is 1.75. The van der Waals surface area contributed by atoms with E-state index in [2.05, 4.69) is 0 Å². The first-order valence-electron chi connectivity index (χ1n) is 5.90. The maximum Gasteiger partial charge on any atom is 0.301 e. The lowest BCUT2D eigenvalue weighted by atomic mass is 10.1. The molecule has 0 spiro atoms. The number of furan rings is 1. The third-order valence-corrected chi connectivity index (χ3v) is 3.02. The SMILES string of the molecule is Cc1cccc(OCc2ccoc2C(=O)NN)c1C. The minimum Gasteiger partial charge on any atom is -0.488 e. The molecule has 2 rings (SSSR count). The zero-order valence-corrected chi connectivity index (χ0v) is 10.9. The Labute approximate surface area is 111 Å². The fourth-order valence-electron chi connectivity index (χ4n) is 1.75. The zero-order chi connectivity index (χ0) is 13.8. The van der Waals surface area contributed by atoms with Crippen molar-refractivity contribution in [1.82, 2.24) is 5.43 Å². The van der Waals surface area contributed by atoms with Gasteiger partial charge in [0.15, 0.2) is 5.76 Å². The zero-order valence-electron chi connectivity index (χ0n) is 10.9. The Morgan fingerprint density at radius 2 is 2.16 bits per heavy atom. The normalized spacial score (nSPS) is 10.3. The molecule has 5 heteroatoms. The summed E-state index contributed by atoms with van der Waals surface area (Å²) in [6, 6.07) is 7.54. The Hall–Kier alpha value is -2.27. The van der Waals surface area contributed by atoms with E-state index in [1.807, 2.05) is 37.5 Å². The molecule has 0 saturated heterocycles. The summed E-state index contributed by atoms with van der Waals surface area (Å²) in [6.07, 6.45) is 1.44.